The molecule has 0 spiro atoms. The predicted octanol–water partition coefficient (Wildman–Crippen LogP) is 4.35. The number of halogens is 1. The first-order valence-electron chi connectivity index (χ1n) is 8.17. The van der Waals surface area contributed by atoms with E-state index in [1.54, 1.807) is 18.2 Å². The molecule has 0 aliphatic carbocycles. The first-order valence-corrected chi connectivity index (χ1v) is 8.55. The Balaban J connectivity index is 1.77. The third kappa shape index (κ3) is 4.53. The topological polar surface area (TPSA) is 124 Å². The Morgan fingerprint density at radius 2 is 1.90 bits per heavy atom. The van der Waals surface area contributed by atoms with Crippen LogP contribution in [0, 0.1) is 10.1 Å². The molecule has 0 atom stereocenters. The second-order valence-electron chi connectivity index (χ2n) is 5.72. The second-order valence-corrected chi connectivity index (χ2v) is 6.13. The highest BCUT2D eigenvalue weighted by atomic mass is 35.5. The molecule has 3 rings (SSSR count). The highest BCUT2D eigenvalue weighted by Crippen LogP contribution is 2.29. The average molecular weight is 416 g/mol. The fourth-order valence-corrected chi connectivity index (χ4v) is 2.72. The summed E-state index contributed by atoms with van der Waals surface area (Å²) in [4.78, 5) is 34.7. The summed E-state index contributed by atoms with van der Waals surface area (Å²) in [6.45, 7) is 0. The van der Waals surface area contributed by atoms with Gasteiger partial charge in [0.05, 0.1) is 34.6 Å². The predicted molar refractivity (Wildman–Crippen MR) is 106 cm³/mol. The molecule has 3 aromatic rings. The number of nitrogens with zero attached hydrogens (tertiary/aromatic N) is 1. The van der Waals surface area contributed by atoms with Crippen LogP contribution in [-0.2, 0) is 0 Å². The van der Waals surface area contributed by atoms with Gasteiger partial charge in [0.2, 0.25) is 0 Å². The lowest BCUT2D eigenvalue weighted by molar-refractivity contribution is -0.384. The minimum atomic E-state index is -0.603. The molecule has 148 valence electrons. The number of hydrogen-bond acceptors (Lipinski definition) is 6. The van der Waals surface area contributed by atoms with Crippen LogP contribution in [0.15, 0.2) is 59.2 Å². The van der Waals surface area contributed by atoms with E-state index in [0.717, 1.165) is 6.07 Å². The molecule has 0 aliphatic rings. The number of methoxy groups -OCH3 is 1. The summed E-state index contributed by atoms with van der Waals surface area (Å²) in [6, 6.07) is 11.3. The average Bonchev–Trinajstić information content (AvgIpc) is 3.23. The van der Waals surface area contributed by atoms with Gasteiger partial charge in [0.15, 0.2) is 5.76 Å². The van der Waals surface area contributed by atoms with Crippen LogP contribution in [0.25, 0.3) is 0 Å². The molecule has 2 amide bonds. The normalized spacial score (nSPS) is 10.3. The molecule has 0 saturated heterocycles. The van der Waals surface area contributed by atoms with Gasteiger partial charge in [0.1, 0.15) is 5.75 Å². The number of ether oxygens (including phenoxy) is 1. The van der Waals surface area contributed by atoms with Crippen molar-refractivity contribution in [1.82, 2.24) is 0 Å². The van der Waals surface area contributed by atoms with Gasteiger partial charge in [-0.3, -0.25) is 19.7 Å². The van der Waals surface area contributed by atoms with Crippen LogP contribution in [0.2, 0.25) is 5.02 Å². The molecule has 0 aliphatic heterocycles. The first kappa shape index (κ1) is 19.9. The number of nitro benzene ring substituents is 1. The first-order chi connectivity index (χ1) is 13.9. The number of nitro groups is 1. The molecule has 0 fully saturated rings. The molecule has 2 N–H and O–H groups in total. The SMILES string of the molecule is COc1cc(NC(=O)c2ccc([N+](=O)[O-])cc2Cl)ccc1NC(=O)c1ccco1. The van der Waals surface area contributed by atoms with Gasteiger partial charge in [-0.15, -0.1) is 0 Å². The van der Waals surface area contributed by atoms with Crippen LogP contribution in [-0.4, -0.2) is 23.8 Å². The molecule has 9 nitrogen and oxygen atoms in total. The standard InChI is InChI=1S/C19H14ClN3O6/c1-28-17-9-11(4-7-15(17)22-19(25)16-3-2-8-29-16)21-18(24)13-6-5-12(23(26)27)10-14(13)20/h2-10H,1H3,(H,21,24)(H,22,25). The number of amides is 2. The third-order valence-corrected chi connectivity index (χ3v) is 4.17. The number of rotatable bonds is 6. The Bertz CT molecular complexity index is 1080. The van der Waals surface area contributed by atoms with Crippen LogP contribution in [0.5, 0.6) is 5.75 Å². The summed E-state index contributed by atoms with van der Waals surface area (Å²) in [5.74, 6) is -0.572. The lowest BCUT2D eigenvalue weighted by Crippen LogP contribution is -2.14. The zero-order valence-corrected chi connectivity index (χ0v) is 15.7. The van der Waals surface area contributed by atoms with E-state index in [9.17, 15) is 19.7 Å². The summed E-state index contributed by atoms with van der Waals surface area (Å²) >= 11 is 5.98. The van der Waals surface area contributed by atoms with Crippen molar-refractivity contribution in [2.75, 3.05) is 17.7 Å². The van der Waals surface area contributed by atoms with E-state index in [4.69, 9.17) is 20.8 Å². The van der Waals surface area contributed by atoms with Crippen LogP contribution >= 0.6 is 11.6 Å². The summed E-state index contributed by atoms with van der Waals surface area (Å²) in [5, 5.41) is 16.0. The largest absolute Gasteiger partial charge is 0.494 e. The zero-order valence-electron chi connectivity index (χ0n) is 15.0. The smallest absolute Gasteiger partial charge is 0.291 e. The fraction of sp³-hybridized carbons (Fsp3) is 0.0526. The Hall–Kier alpha value is -3.85. The fourth-order valence-electron chi connectivity index (χ4n) is 2.46. The molecule has 0 bridgehead atoms. The van der Waals surface area contributed by atoms with Crippen molar-refractivity contribution in [3.05, 3.63) is 81.3 Å². The van der Waals surface area contributed by atoms with Crippen LogP contribution < -0.4 is 15.4 Å². The van der Waals surface area contributed by atoms with Crippen LogP contribution in [0.3, 0.4) is 0 Å². The Kier molecular flexibility index (Phi) is 5.79. The molecular formula is C19H14ClN3O6. The van der Waals surface area contributed by atoms with E-state index in [1.807, 2.05) is 0 Å². The number of nitrogens with one attached hydrogen (secondary N) is 2. The zero-order chi connectivity index (χ0) is 21.0. The van der Waals surface area contributed by atoms with Crippen molar-refractivity contribution in [2.45, 2.75) is 0 Å². The van der Waals surface area contributed by atoms with E-state index in [-0.39, 0.29) is 22.0 Å². The highest BCUT2D eigenvalue weighted by molar-refractivity contribution is 6.34. The number of hydrogen-bond donors (Lipinski definition) is 2. The summed E-state index contributed by atoms with van der Waals surface area (Å²) in [6.07, 6.45) is 1.38. The Morgan fingerprint density at radius 3 is 2.52 bits per heavy atom. The van der Waals surface area contributed by atoms with Gasteiger partial charge in [-0.1, -0.05) is 11.6 Å². The van der Waals surface area contributed by atoms with Crippen molar-refractivity contribution >= 4 is 40.5 Å². The quantitative estimate of drug-likeness (QED) is 0.455. The molecule has 2 aromatic carbocycles. The van der Waals surface area contributed by atoms with Crippen molar-refractivity contribution in [3.8, 4) is 5.75 Å². The molecule has 0 saturated carbocycles. The number of anilines is 2. The molecule has 29 heavy (non-hydrogen) atoms. The van der Waals surface area contributed by atoms with Gasteiger partial charge >= 0.3 is 0 Å². The van der Waals surface area contributed by atoms with E-state index in [0.29, 0.717) is 17.1 Å². The van der Waals surface area contributed by atoms with E-state index in [2.05, 4.69) is 10.6 Å². The monoisotopic (exact) mass is 415 g/mol. The van der Waals surface area contributed by atoms with Gasteiger partial charge in [0.25, 0.3) is 17.5 Å². The maximum absolute atomic E-state index is 12.4. The molecule has 1 heterocycles. The third-order valence-electron chi connectivity index (χ3n) is 3.86. The van der Waals surface area contributed by atoms with Crippen molar-refractivity contribution in [1.29, 1.82) is 0 Å². The summed E-state index contributed by atoms with van der Waals surface area (Å²) in [7, 11) is 1.41. The number of carbonyl (C=O) groups is 2. The maximum Gasteiger partial charge on any atom is 0.291 e. The van der Waals surface area contributed by atoms with Crippen molar-refractivity contribution < 1.29 is 23.7 Å². The Labute approximate surface area is 169 Å². The Morgan fingerprint density at radius 1 is 1.10 bits per heavy atom. The number of furan rings is 1. The minimum Gasteiger partial charge on any atom is -0.494 e. The van der Waals surface area contributed by atoms with E-state index < -0.39 is 16.7 Å². The number of benzene rings is 2. The summed E-state index contributed by atoms with van der Waals surface area (Å²) in [5.41, 5.74) is 0.605. The molecule has 1 aromatic heterocycles. The van der Waals surface area contributed by atoms with E-state index >= 15 is 0 Å². The molecule has 10 heteroatoms. The maximum atomic E-state index is 12.4. The van der Waals surface area contributed by atoms with Gasteiger partial charge in [-0.25, -0.2) is 0 Å². The van der Waals surface area contributed by atoms with Gasteiger partial charge in [-0.05, 0) is 30.3 Å². The van der Waals surface area contributed by atoms with Crippen LogP contribution in [0.1, 0.15) is 20.9 Å². The van der Waals surface area contributed by atoms with Gasteiger partial charge in [0, 0.05) is 23.9 Å². The molecular weight excluding hydrogens is 402 g/mol. The lowest BCUT2D eigenvalue weighted by Gasteiger charge is -2.12. The highest BCUT2D eigenvalue weighted by Gasteiger charge is 2.17. The van der Waals surface area contributed by atoms with Crippen molar-refractivity contribution in [3.63, 3.8) is 0 Å². The van der Waals surface area contributed by atoms with Gasteiger partial charge < -0.3 is 19.8 Å². The molecule has 0 unspecified atom stereocenters. The van der Waals surface area contributed by atoms with Crippen LogP contribution in [0.4, 0.5) is 17.1 Å². The number of carbonyl (C=O) groups excluding carboxylic acids is 2. The van der Waals surface area contributed by atoms with E-state index in [1.165, 1.54) is 37.6 Å². The second kappa shape index (κ2) is 8.44. The number of non-ortho nitro benzene ring substituents is 1. The summed E-state index contributed by atoms with van der Waals surface area (Å²) < 4.78 is 10.3. The molecule has 0 radical (unpaired) electrons. The lowest BCUT2D eigenvalue weighted by atomic mass is 10.1. The van der Waals surface area contributed by atoms with Crippen molar-refractivity contribution in [2.24, 2.45) is 0 Å². The van der Waals surface area contributed by atoms with Gasteiger partial charge in [-0.2, -0.15) is 0 Å². The minimum absolute atomic E-state index is 0.0500.